The van der Waals surface area contributed by atoms with Gasteiger partial charge in [0.15, 0.2) is 0 Å². The number of hydrogen-bond acceptors (Lipinski definition) is 3. The van der Waals surface area contributed by atoms with Gasteiger partial charge in [0, 0.05) is 18.0 Å². The lowest BCUT2D eigenvalue weighted by Gasteiger charge is -2.19. The number of pyridine rings is 1. The SMILES string of the molecule is Cc1cccc(CCCOCCOC(C)(C)C)n1. The van der Waals surface area contributed by atoms with Crippen molar-refractivity contribution in [3.63, 3.8) is 0 Å². The molecule has 3 nitrogen and oxygen atoms in total. The van der Waals surface area contributed by atoms with Gasteiger partial charge in [0.05, 0.1) is 18.8 Å². The molecule has 1 heterocycles. The molecule has 3 heteroatoms. The number of aryl methyl sites for hydroxylation is 2. The third-order valence-electron chi connectivity index (χ3n) is 2.43. The minimum Gasteiger partial charge on any atom is -0.379 e. The lowest BCUT2D eigenvalue weighted by Crippen LogP contribution is -2.21. The maximum atomic E-state index is 5.57. The first-order valence-corrected chi connectivity index (χ1v) is 6.61. The maximum Gasteiger partial charge on any atom is 0.0707 e. The summed E-state index contributed by atoms with van der Waals surface area (Å²) in [6.07, 6.45) is 1.98. The smallest absolute Gasteiger partial charge is 0.0707 e. The van der Waals surface area contributed by atoms with Gasteiger partial charge in [-0.15, -0.1) is 0 Å². The number of rotatable bonds is 7. The van der Waals surface area contributed by atoms with E-state index in [9.17, 15) is 0 Å². The summed E-state index contributed by atoms with van der Waals surface area (Å²) >= 11 is 0. The summed E-state index contributed by atoms with van der Waals surface area (Å²) in [6, 6.07) is 6.13. The van der Waals surface area contributed by atoms with Crippen LogP contribution in [0.2, 0.25) is 0 Å². The maximum absolute atomic E-state index is 5.57. The Morgan fingerprint density at radius 1 is 1.11 bits per heavy atom. The van der Waals surface area contributed by atoms with Crippen molar-refractivity contribution in [1.82, 2.24) is 4.98 Å². The van der Waals surface area contributed by atoms with Crippen molar-refractivity contribution in [3.8, 4) is 0 Å². The molecular formula is C15H25NO2. The Balaban J connectivity index is 2.02. The van der Waals surface area contributed by atoms with Gasteiger partial charge in [0.1, 0.15) is 0 Å². The summed E-state index contributed by atoms with van der Waals surface area (Å²) in [5.41, 5.74) is 2.14. The molecule has 0 aliphatic rings. The van der Waals surface area contributed by atoms with Gasteiger partial charge in [0.25, 0.3) is 0 Å². The Bertz CT molecular complexity index is 345. The Kier molecular flexibility index (Phi) is 6.30. The highest BCUT2D eigenvalue weighted by molar-refractivity contribution is 5.09. The molecule has 1 rings (SSSR count). The van der Waals surface area contributed by atoms with E-state index in [1.807, 2.05) is 13.0 Å². The lowest BCUT2D eigenvalue weighted by atomic mass is 10.2. The second-order valence-electron chi connectivity index (χ2n) is 5.45. The van der Waals surface area contributed by atoms with E-state index in [1.54, 1.807) is 0 Å². The van der Waals surface area contributed by atoms with E-state index < -0.39 is 0 Å². The van der Waals surface area contributed by atoms with Crippen LogP contribution in [0.25, 0.3) is 0 Å². The third-order valence-corrected chi connectivity index (χ3v) is 2.43. The Labute approximate surface area is 111 Å². The normalized spacial score (nSPS) is 11.8. The predicted octanol–water partition coefficient (Wildman–Crippen LogP) is 3.15. The summed E-state index contributed by atoms with van der Waals surface area (Å²) in [5.74, 6) is 0. The van der Waals surface area contributed by atoms with Gasteiger partial charge in [0.2, 0.25) is 0 Å². The standard InChI is InChI=1S/C15H25NO2/c1-13-7-5-8-14(16-13)9-6-10-17-11-12-18-15(2,3)4/h5,7-8H,6,9-12H2,1-4H3. The molecule has 1 aromatic rings. The van der Waals surface area contributed by atoms with Crippen LogP contribution in [0.3, 0.4) is 0 Å². The highest BCUT2D eigenvalue weighted by atomic mass is 16.5. The molecule has 0 saturated carbocycles. The number of nitrogens with zero attached hydrogens (tertiary/aromatic N) is 1. The zero-order valence-corrected chi connectivity index (χ0v) is 12.0. The van der Waals surface area contributed by atoms with Crippen LogP contribution in [0.15, 0.2) is 18.2 Å². The predicted molar refractivity (Wildman–Crippen MR) is 73.8 cm³/mol. The highest BCUT2D eigenvalue weighted by Gasteiger charge is 2.08. The molecular weight excluding hydrogens is 226 g/mol. The monoisotopic (exact) mass is 251 g/mol. The van der Waals surface area contributed by atoms with Gasteiger partial charge < -0.3 is 9.47 Å². The van der Waals surface area contributed by atoms with E-state index in [4.69, 9.17) is 9.47 Å². The molecule has 0 radical (unpaired) electrons. The molecule has 0 aromatic carbocycles. The van der Waals surface area contributed by atoms with Gasteiger partial charge in [-0.3, -0.25) is 4.98 Å². The van der Waals surface area contributed by atoms with Gasteiger partial charge in [-0.25, -0.2) is 0 Å². The van der Waals surface area contributed by atoms with Crippen LogP contribution in [0, 0.1) is 6.92 Å². The van der Waals surface area contributed by atoms with E-state index >= 15 is 0 Å². The first-order valence-electron chi connectivity index (χ1n) is 6.61. The topological polar surface area (TPSA) is 31.4 Å². The van der Waals surface area contributed by atoms with Crippen LogP contribution < -0.4 is 0 Å². The van der Waals surface area contributed by atoms with Gasteiger partial charge >= 0.3 is 0 Å². The van der Waals surface area contributed by atoms with Crippen LogP contribution in [0.5, 0.6) is 0 Å². The van der Waals surface area contributed by atoms with E-state index in [2.05, 4.69) is 37.9 Å². The molecule has 1 aromatic heterocycles. The number of aromatic nitrogens is 1. The highest BCUT2D eigenvalue weighted by Crippen LogP contribution is 2.06. The zero-order chi connectivity index (χ0) is 13.4. The van der Waals surface area contributed by atoms with Crippen molar-refractivity contribution in [2.45, 2.75) is 46.1 Å². The van der Waals surface area contributed by atoms with Crippen molar-refractivity contribution in [1.29, 1.82) is 0 Å². The molecule has 0 spiro atoms. The second-order valence-corrected chi connectivity index (χ2v) is 5.45. The molecule has 102 valence electrons. The Morgan fingerprint density at radius 2 is 1.89 bits per heavy atom. The first kappa shape index (κ1) is 15.1. The molecule has 0 aliphatic heterocycles. The number of ether oxygens (including phenoxy) is 2. The minimum atomic E-state index is -0.0746. The fourth-order valence-corrected chi connectivity index (χ4v) is 1.60. The molecule has 0 amide bonds. The fraction of sp³-hybridized carbons (Fsp3) is 0.667. The summed E-state index contributed by atoms with van der Waals surface area (Å²) < 4.78 is 11.1. The molecule has 0 atom stereocenters. The molecule has 0 aliphatic carbocycles. The largest absolute Gasteiger partial charge is 0.379 e. The minimum absolute atomic E-state index is 0.0746. The van der Waals surface area contributed by atoms with Crippen LogP contribution in [-0.2, 0) is 15.9 Å². The van der Waals surface area contributed by atoms with Gasteiger partial charge in [-0.05, 0) is 52.7 Å². The summed E-state index contributed by atoms with van der Waals surface area (Å²) in [5, 5.41) is 0. The molecule has 0 N–H and O–H groups in total. The van der Waals surface area contributed by atoms with E-state index in [0.717, 1.165) is 30.8 Å². The average molecular weight is 251 g/mol. The van der Waals surface area contributed by atoms with Crippen LogP contribution in [0.1, 0.15) is 38.6 Å². The Hall–Kier alpha value is -0.930. The van der Waals surface area contributed by atoms with Crippen LogP contribution in [0.4, 0.5) is 0 Å². The second kappa shape index (κ2) is 7.49. The Morgan fingerprint density at radius 3 is 2.56 bits per heavy atom. The van der Waals surface area contributed by atoms with Crippen molar-refractivity contribution in [2.75, 3.05) is 19.8 Å². The van der Waals surface area contributed by atoms with Crippen molar-refractivity contribution in [3.05, 3.63) is 29.6 Å². The van der Waals surface area contributed by atoms with Crippen LogP contribution >= 0.6 is 0 Å². The quantitative estimate of drug-likeness (QED) is 0.698. The van der Waals surface area contributed by atoms with Crippen molar-refractivity contribution < 1.29 is 9.47 Å². The summed E-state index contributed by atoms with van der Waals surface area (Å²) in [4.78, 5) is 4.46. The lowest BCUT2D eigenvalue weighted by molar-refractivity contribution is -0.0350. The fourth-order valence-electron chi connectivity index (χ4n) is 1.60. The third kappa shape index (κ3) is 7.41. The number of hydrogen-bond donors (Lipinski definition) is 0. The summed E-state index contributed by atoms with van der Waals surface area (Å²) in [7, 11) is 0. The molecule has 0 fully saturated rings. The van der Waals surface area contributed by atoms with E-state index in [0.29, 0.717) is 13.2 Å². The zero-order valence-electron chi connectivity index (χ0n) is 12.0. The molecule has 0 saturated heterocycles. The average Bonchev–Trinajstić information content (AvgIpc) is 2.26. The van der Waals surface area contributed by atoms with Crippen molar-refractivity contribution in [2.24, 2.45) is 0 Å². The van der Waals surface area contributed by atoms with E-state index in [1.165, 1.54) is 0 Å². The first-order chi connectivity index (χ1) is 8.47. The van der Waals surface area contributed by atoms with Gasteiger partial charge in [-0.1, -0.05) is 6.07 Å². The van der Waals surface area contributed by atoms with Gasteiger partial charge in [-0.2, -0.15) is 0 Å². The van der Waals surface area contributed by atoms with Crippen molar-refractivity contribution >= 4 is 0 Å². The molecule has 0 bridgehead atoms. The molecule has 0 unspecified atom stereocenters. The van der Waals surface area contributed by atoms with Crippen LogP contribution in [-0.4, -0.2) is 30.4 Å². The molecule has 18 heavy (non-hydrogen) atoms. The van der Waals surface area contributed by atoms with E-state index in [-0.39, 0.29) is 5.60 Å². The summed E-state index contributed by atoms with van der Waals surface area (Å²) in [6.45, 7) is 10.3.